The number of hydrogen-bond donors (Lipinski definition) is 1. The second kappa shape index (κ2) is 3.79. The van der Waals surface area contributed by atoms with Gasteiger partial charge in [-0.25, -0.2) is 8.42 Å². The predicted molar refractivity (Wildman–Crippen MR) is 55.3 cm³/mol. The molecule has 2 unspecified atom stereocenters. The van der Waals surface area contributed by atoms with Gasteiger partial charge in [0.2, 0.25) is 10.0 Å². The lowest BCUT2D eigenvalue weighted by atomic mass is 10.2. The van der Waals surface area contributed by atoms with Crippen molar-refractivity contribution in [3.8, 4) is 0 Å². The quantitative estimate of drug-likeness (QED) is 0.688. The standard InChI is InChI=1S/C9H18N2O2S/c10-8-3-4-9(7-8)11-5-1-2-6-14(11,12)13/h8-9H,1-7,10H2. The van der Waals surface area contributed by atoms with Crippen LogP contribution in [0.2, 0.25) is 0 Å². The van der Waals surface area contributed by atoms with Crippen LogP contribution in [0.3, 0.4) is 0 Å². The van der Waals surface area contributed by atoms with Gasteiger partial charge in [0.15, 0.2) is 0 Å². The maximum absolute atomic E-state index is 11.8. The highest BCUT2D eigenvalue weighted by Crippen LogP contribution is 2.27. The molecule has 2 atom stereocenters. The summed E-state index contributed by atoms with van der Waals surface area (Å²) in [6.45, 7) is 0.708. The van der Waals surface area contributed by atoms with Crippen LogP contribution in [0.15, 0.2) is 0 Å². The molecular formula is C9H18N2O2S. The Morgan fingerprint density at radius 1 is 1.21 bits per heavy atom. The summed E-state index contributed by atoms with van der Waals surface area (Å²) in [5.74, 6) is 0.332. The maximum Gasteiger partial charge on any atom is 0.214 e. The minimum atomic E-state index is -2.95. The molecule has 1 heterocycles. The van der Waals surface area contributed by atoms with E-state index in [9.17, 15) is 8.42 Å². The molecule has 5 heteroatoms. The van der Waals surface area contributed by atoms with Gasteiger partial charge in [0.05, 0.1) is 5.75 Å². The lowest BCUT2D eigenvalue weighted by Gasteiger charge is -2.31. The number of sulfonamides is 1. The molecule has 2 rings (SSSR count). The highest BCUT2D eigenvalue weighted by Gasteiger charge is 2.35. The second-order valence-electron chi connectivity index (χ2n) is 4.36. The molecule has 0 bridgehead atoms. The van der Waals surface area contributed by atoms with Crippen LogP contribution in [0.4, 0.5) is 0 Å². The molecule has 2 fully saturated rings. The van der Waals surface area contributed by atoms with Gasteiger partial charge in [-0.05, 0) is 32.1 Å². The van der Waals surface area contributed by atoms with Crippen molar-refractivity contribution in [2.75, 3.05) is 12.3 Å². The molecular weight excluding hydrogens is 200 g/mol. The summed E-state index contributed by atoms with van der Waals surface area (Å²) in [6.07, 6.45) is 4.58. The second-order valence-corrected chi connectivity index (χ2v) is 6.40. The Kier molecular flexibility index (Phi) is 2.81. The molecule has 2 aliphatic rings. The first kappa shape index (κ1) is 10.4. The predicted octanol–water partition coefficient (Wildman–Crippen LogP) is 0.292. The summed E-state index contributed by atoms with van der Waals surface area (Å²) in [5.41, 5.74) is 5.80. The maximum atomic E-state index is 11.8. The van der Waals surface area contributed by atoms with Gasteiger partial charge in [-0.3, -0.25) is 0 Å². The van der Waals surface area contributed by atoms with E-state index in [1.807, 2.05) is 0 Å². The first-order valence-corrected chi connectivity index (χ1v) is 6.95. The molecule has 0 aromatic carbocycles. The first-order valence-electron chi connectivity index (χ1n) is 5.35. The van der Waals surface area contributed by atoms with E-state index in [0.717, 1.165) is 32.1 Å². The highest BCUT2D eigenvalue weighted by atomic mass is 32.2. The normalized spacial score (nSPS) is 38.6. The third-order valence-corrected chi connectivity index (χ3v) is 5.24. The van der Waals surface area contributed by atoms with Crippen LogP contribution in [-0.4, -0.2) is 37.1 Å². The summed E-state index contributed by atoms with van der Waals surface area (Å²) in [5, 5.41) is 0. The minimum absolute atomic E-state index is 0.190. The van der Waals surface area contributed by atoms with Gasteiger partial charge in [-0.15, -0.1) is 0 Å². The topological polar surface area (TPSA) is 63.4 Å². The average Bonchev–Trinajstić information content (AvgIpc) is 2.51. The van der Waals surface area contributed by atoms with E-state index < -0.39 is 10.0 Å². The molecule has 0 aromatic rings. The zero-order valence-electron chi connectivity index (χ0n) is 8.35. The fourth-order valence-electron chi connectivity index (χ4n) is 2.47. The van der Waals surface area contributed by atoms with Gasteiger partial charge < -0.3 is 5.73 Å². The molecule has 4 nitrogen and oxygen atoms in total. The van der Waals surface area contributed by atoms with Crippen molar-refractivity contribution >= 4 is 10.0 Å². The summed E-state index contributed by atoms with van der Waals surface area (Å²) < 4.78 is 25.2. The van der Waals surface area contributed by atoms with Crippen molar-refractivity contribution in [3.63, 3.8) is 0 Å². The lowest BCUT2D eigenvalue weighted by molar-refractivity contribution is 0.302. The molecule has 1 aliphatic carbocycles. The van der Waals surface area contributed by atoms with Crippen LogP contribution < -0.4 is 5.73 Å². The van der Waals surface area contributed by atoms with E-state index in [1.54, 1.807) is 4.31 Å². The number of rotatable bonds is 1. The van der Waals surface area contributed by atoms with Crippen molar-refractivity contribution in [3.05, 3.63) is 0 Å². The zero-order valence-corrected chi connectivity index (χ0v) is 9.17. The molecule has 1 saturated carbocycles. The first-order chi connectivity index (χ1) is 6.59. The molecule has 0 radical (unpaired) electrons. The largest absolute Gasteiger partial charge is 0.328 e. The van der Waals surface area contributed by atoms with E-state index in [-0.39, 0.29) is 12.1 Å². The van der Waals surface area contributed by atoms with Crippen molar-refractivity contribution in [1.29, 1.82) is 0 Å². The molecule has 1 saturated heterocycles. The smallest absolute Gasteiger partial charge is 0.214 e. The molecule has 14 heavy (non-hydrogen) atoms. The number of nitrogens with zero attached hydrogens (tertiary/aromatic N) is 1. The Morgan fingerprint density at radius 2 is 2.00 bits per heavy atom. The molecule has 1 aliphatic heterocycles. The van der Waals surface area contributed by atoms with Gasteiger partial charge in [-0.1, -0.05) is 0 Å². The Bertz CT molecular complexity index is 302. The molecule has 0 amide bonds. The Labute approximate surface area is 85.5 Å². The van der Waals surface area contributed by atoms with Crippen LogP contribution in [-0.2, 0) is 10.0 Å². The third kappa shape index (κ3) is 1.94. The van der Waals surface area contributed by atoms with Crippen molar-refractivity contribution < 1.29 is 8.42 Å². The highest BCUT2D eigenvalue weighted by molar-refractivity contribution is 7.89. The summed E-state index contributed by atoms with van der Waals surface area (Å²) in [4.78, 5) is 0. The third-order valence-electron chi connectivity index (χ3n) is 3.24. The zero-order chi connectivity index (χ0) is 10.2. The summed E-state index contributed by atoms with van der Waals surface area (Å²) >= 11 is 0. The Morgan fingerprint density at radius 3 is 2.57 bits per heavy atom. The van der Waals surface area contributed by atoms with Crippen molar-refractivity contribution in [2.24, 2.45) is 5.73 Å². The van der Waals surface area contributed by atoms with Gasteiger partial charge in [0.1, 0.15) is 0 Å². The fourth-order valence-corrected chi connectivity index (χ4v) is 4.33. The van der Waals surface area contributed by atoms with Crippen molar-refractivity contribution in [1.82, 2.24) is 4.31 Å². The van der Waals surface area contributed by atoms with Crippen LogP contribution >= 0.6 is 0 Å². The Hall–Kier alpha value is -0.130. The summed E-state index contributed by atoms with van der Waals surface area (Å²) in [7, 11) is -2.95. The Balaban J connectivity index is 2.09. The van der Waals surface area contributed by atoms with Crippen molar-refractivity contribution in [2.45, 2.75) is 44.2 Å². The van der Waals surface area contributed by atoms with E-state index in [4.69, 9.17) is 5.73 Å². The molecule has 2 N–H and O–H groups in total. The van der Waals surface area contributed by atoms with Crippen LogP contribution in [0.25, 0.3) is 0 Å². The van der Waals surface area contributed by atoms with Crippen LogP contribution in [0.1, 0.15) is 32.1 Å². The van der Waals surface area contributed by atoms with E-state index >= 15 is 0 Å². The van der Waals surface area contributed by atoms with Gasteiger partial charge in [0, 0.05) is 18.6 Å². The monoisotopic (exact) mass is 218 g/mol. The molecule has 0 spiro atoms. The minimum Gasteiger partial charge on any atom is -0.328 e. The summed E-state index contributed by atoms with van der Waals surface area (Å²) in [6, 6.07) is 0.396. The number of nitrogens with two attached hydrogens (primary N) is 1. The fraction of sp³-hybridized carbons (Fsp3) is 1.00. The number of hydrogen-bond acceptors (Lipinski definition) is 3. The molecule has 0 aromatic heterocycles. The SMILES string of the molecule is NC1CCC(N2CCCCS2(=O)=O)C1. The van der Waals surface area contributed by atoms with Crippen LogP contribution in [0.5, 0.6) is 0 Å². The van der Waals surface area contributed by atoms with E-state index in [0.29, 0.717) is 12.3 Å². The van der Waals surface area contributed by atoms with Gasteiger partial charge in [0.25, 0.3) is 0 Å². The van der Waals surface area contributed by atoms with E-state index in [1.165, 1.54) is 0 Å². The lowest BCUT2D eigenvalue weighted by Crippen LogP contribution is -2.44. The van der Waals surface area contributed by atoms with Crippen LogP contribution in [0, 0.1) is 0 Å². The van der Waals surface area contributed by atoms with E-state index in [2.05, 4.69) is 0 Å². The van der Waals surface area contributed by atoms with Gasteiger partial charge >= 0.3 is 0 Å². The average molecular weight is 218 g/mol. The molecule has 82 valence electrons. The van der Waals surface area contributed by atoms with Gasteiger partial charge in [-0.2, -0.15) is 4.31 Å².